The zero-order valence-corrected chi connectivity index (χ0v) is 11.0. The van der Waals surface area contributed by atoms with Gasteiger partial charge in [-0.15, -0.1) is 0 Å². The largest absolute Gasteiger partial charge is 0.389 e. The van der Waals surface area contributed by atoms with E-state index in [4.69, 9.17) is 0 Å². The Morgan fingerprint density at radius 2 is 2.06 bits per heavy atom. The molecule has 1 rings (SSSR count). The van der Waals surface area contributed by atoms with Gasteiger partial charge < -0.3 is 5.11 Å². The SMILES string of the molecule is CC1CCCCN1S(=O)(=O)NCC(C)(C)O. The highest BCUT2D eigenvalue weighted by Gasteiger charge is 2.30. The zero-order chi connectivity index (χ0) is 12.4. The summed E-state index contributed by atoms with van der Waals surface area (Å²) in [4.78, 5) is 0. The normalized spacial score (nSPS) is 24.6. The van der Waals surface area contributed by atoms with E-state index >= 15 is 0 Å². The monoisotopic (exact) mass is 250 g/mol. The van der Waals surface area contributed by atoms with Gasteiger partial charge in [0.25, 0.3) is 10.2 Å². The average Bonchev–Trinajstić information content (AvgIpc) is 2.14. The number of nitrogens with one attached hydrogen (secondary N) is 1. The summed E-state index contributed by atoms with van der Waals surface area (Å²) in [5.74, 6) is 0. The first-order valence-electron chi connectivity index (χ1n) is 5.71. The van der Waals surface area contributed by atoms with Gasteiger partial charge in [-0.25, -0.2) is 0 Å². The van der Waals surface area contributed by atoms with Crippen LogP contribution >= 0.6 is 0 Å². The molecular formula is C10H22N2O3S. The molecule has 1 aliphatic heterocycles. The molecule has 5 nitrogen and oxygen atoms in total. The third kappa shape index (κ3) is 4.01. The van der Waals surface area contributed by atoms with E-state index in [2.05, 4.69) is 4.72 Å². The number of piperidine rings is 1. The van der Waals surface area contributed by atoms with Crippen molar-refractivity contribution in [1.82, 2.24) is 9.03 Å². The quantitative estimate of drug-likeness (QED) is 0.762. The standard InChI is InChI=1S/C10H22N2O3S/c1-9-6-4-5-7-12(9)16(14,15)11-8-10(2,3)13/h9,11,13H,4-8H2,1-3H3. The first kappa shape index (κ1) is 13.9. The highest BCUT2D eigenvalue weighted by atomic mass is 32.2. The van der Waals surface area contributed by atoms with E-state index < -0.39 is 15.8 Å². The van der Waals surface area contributed by atoms with E-state index in [0.29, 0.717) is 6.54 Å². The lowest BCUT2D eigenvalue weighted by Crippen LogP contribution is -2.50. The second-order valence-corrected chi connectivity index (χ2v) is 6.80. The van der Waals surface area contributed by atoms with Crippen LogP contribution in [0.3, 0.4) is 0 Å². The smallest absolute Gasteiger partial charge is 0.279 e. The van der Waals surface area contributed by atoms with E-state index in [1.165, 1.54) is 4.31 Å². The van der Waals surface area contributed by atoms with Gasteiger partial charge in [0.15, 0.2) is 0 Å². The second-order valence-electron chi connectivity index (χ2n) is 5.09. The van der Waals surface area contributed by atoms with E-state index in [1.54, 1.807) is 13.8 Å². The highest BCUT2D eigenvalue weighted by molar-refractivity contribution is 7.87. The minimum atomic E-state index is -3.44. The Morgan fingerprint density at radius 1 is 1.44 bits per heavy atom. The number of hydrogen-bond acceptors (Lipinski definition) is 3. The van der Waals surface area contributed by atoms with Gasteiger partial charge in [-0.3, -0.25) is 0 Å². The fraction of sp³-hybridized carbons (Fsp3) is 1.00. The summed E-state index contributed by atoms with van der Waals surface area (Å²) in [7, 11) is -3.44. The molecule has 0 saturated carbocycles. The summed E-state index contributed by atoms with van der Waals surface area (Å²) in [5.41, 5.74) is -1.02. The predicted molar refractivity (Wildman–Crippen MR) is 63.2 cm³/mol. The lowest BCUT2D eigenvalue weighted by molar-refractivity contribution is 0.0848. The molecular weight excluding hydrogens is 228 g/mol. The number of rotatable bonds is 4. The summed E-state index contributed by atoms with van der Waals surface area (Å²) in [5, 5.41) is 9.50. The van der Waals surface area contributed by atoms with Gasteiger partial charge in [-0.2, -0.15) is 17.4 Å². The summed E-state index contributed by atoms with van der Waals surface area (Å²) in [6, 6.07) is 0.0491. The molecule has 0 aromatic rings. The fourth-order valence-electron chi connectivity index (χ4n) is 1.78. The molecule has 96 valence electrons. The van der Waals surface area contributed by atoms with Crippen LogP contribution in [0, 0.1) is 0 Å². The van der Waals surface area contributed by atoms with E-state index in [-0.39, 0.29) is 12.6 Å². The van der Waals surface area contributed by atoms with Crippen molar-refractivity contribution in [3.8, 4) is 0 Å². The summed E-state index contributed by atoms with van der Waals surface area (Å²) in [6.45, 7) is 5.69. The number of hydrogen-bond donors (Lipinski definition) is 2. The average molecular weight is 250 g/mol. The highest BCUT2D eigenvalue weighted by Crippen LogP contribution is 2.19. The molecule has 6 heteroatoms. The lowest BCUT2D eigenvalue weighted by Gasteiger charge is -2.33. The van der Waals surface area contributed by atoms with Crippen LogP contribution in [-0.4, -0.2) is 42.6 Å². The minimum Gasteiger partial charge on any atom is -0.389 e. The third-order valence-electron chi connectivity index (χ3n) is 2.74. The predicted octanol–water partition coefficient (Wildman–Crippen LogP) is 0.466. The van der Waals surface area contributed by atoms with Crippen molar-refractivity contribution in [1.29, 1.82) is 0 Å². The first-order chi connectivity index (χ1) is 7.22. The Morgan fingerprint density at radius 3 is 2.56 bits per heavy atom. The molecule has 0 amide bonds. The van der Waals surface area contributed by atoms with Crippen molar-refractivity contribution in [3.05, 3.63) is 0 Å². The number of nitrogens with zero attached hydrogens (tertiary/aromatic N) is 1. The summed E-state index contributed by atoms with van der Waals surface area (Å²) >= 11 is 0. The molecule has 0 radical (unpaired) electrons. The molecule has 2 N–H and O–H groups in total. The minimum absolute atomic E-state index is 0.0402. The molecule has 0 aromatic carbocycles. The Labute approximate surface area is 98.0 Å². The van der Waals surface area contributed by atoms with Crippen molar-refractivity contribution in [2.24, 2.45) is 0 Å². The maximum atomic E-state index is 11.9. The molecule has 0 aliphatic carbocycles. The Bertz CT molecular complexity index is 321. The van der Waals surface area contributed by atoms with Crippen LogP contribution in [0.4, 0.5) is 0 Å². The van der Waals surface area contributed by atoms with Gasteiger partial charge in [-0.05, 0) is 33.6 Å². The second kappa shape index (κ2) is 5.00. The molecule has 0 spiro atoms. The first-order valence-corrected chi connectivity index (χ1v) is 7.15. The molecule has 1 atom stereocenters. The van der Waals surface area contributed by atoms with Crippen LogP contribution in [0.15, 0.2) is 0 Å². The van der Waals surface area contributed by atoms with E-state index in [9.17, 15) is 13.5 Å². The molecule has 1 heterocycles. The van der Waals surface area contributed by atoms with Crippen LogP contribution in [0.25, 0.3) is 0 Å². The summed E-state index contributed by atoms with van der Waals surface area (Å²) in [6.07, 6.45) is 2.90. The third-order valence-corrected chi connectivity index (χ3v) is 4.41. The van der Waals surface area contributed by atoms with Crippen LogP contribution in [0.5, 0.6) is 0 Å². The maximum Gasteiger partial charge on any atom is 0.279 e. The molecule has 1 saturated heterocycles. The molecule has 16 heavy (non-hydrogen) atoms. The van der Waals surface area contributed by atoms with Crippen molar-refractivity contribution >= 4 is 10.2 Å². The van der Waals surface area contributed by atoms with E-state index in [1.807, 2.05) is 6.92 Å². The van der Waals surface area contributed by atoms with Gasteiger partial charge in [0, 0.05) is 19.1 Å². The maximum absolute atomic E-state index is 11.9. The van der Waals surface area contributed by atoms with Gasteiger partial charge in [0.05, 0.1) is 5.60 Å². The topological polar surface area (TPSA) is 69.6 Å². The summed E-state index contributed by atoms with van der Waals surface area (Å²) < 4.78 is 27.8. The Balaban J connectivity index is 2.62. The fourth-order valence-corrected chi connectivity index (χ4v) is 3.43. The molecule has 0 aromatic heterocycles. The van der Waals surface area contributed by atoms with Crippen molar-refractivity contribution in [2.45, 2.75) is 51.7 Å². The van der Waals surface area contributed by atoms with Crippen molar-refractivity contribution < 1.29 is 13.5 Å². The molecule has 1 unspecified atom stereocenters. The van der Waals surface area contributed by atoms with Crippen molar-refractivity contribution in [2.75, 3.05) is 13.1 Å². The van der Waals surface area contributed by atoms with Gasteiger partial charge >= 0.3 is 0 Å². The molecule has 1 fully saturated rings. The molecule has 1 aliphatic rings. The molecule has 0 bridgehead atoms. The van der Waals surface area contributed by atoms with Crippen LogP contribution in [0.2, 0.25) is 0 Å². The van der Waals surface area contributed by atoms with Gasteiger partial charge in [-0.1, -0.05) is 6.42 Å². The Hall–Kier alpha value is -0.170. The van der Waals surface area contributed by atoms with Gasteiger partial charge in [0.2, 0.25) is 0 Å². The van der Waals surface area contributed by atoms with Crippen LogP contribution < -0.4 is 4.72 Å². The van der Waals surface area contributed by atoms with E-state index in [0.717, 1.165) is 19.3 Å². The number of aliphatic hydroxyl groups is 1. The van der Waals surface area contributed by atoms with Gasteiger partial charge in [0.1, 0.15) is 0 Å². The lowest BCUT2D eigenvalue weighted by atomic mass is 10.1. The zero-order valence-electron chi connectivity index (χ0n) is 10.2. The van der Waals surface area contributed by atoms with Crippen LogP contribution in [-0.2, 0) is 10.2 Å². The van der Waals surface area contributed by atoms with Crippen LogP contribution in [0.1, 0.15) is 40.0 Å². The Kier molecular flexibility index (Phi) is 4.34. The van der Waals surface area contributed by atoms with Crippen molar-refractivity contribution in [3.63, 3.8) is 0 Å².